The second-order valence-corrected chi connectivity index (χ2v) is 5.72. The number of aliphatic hydroxyl groups excluding tert-OH is 1. The molecule has 7 heteroatoms. The maximum atomic E-state index is 12.1. The lowest BCUT2D eigenvalue weighted by atomic mass is 10.1. The van der Waals surface area contributed by atoms with Gasteiger partial charge in [0.05, 0.1) is 6.61 Å². The number of guanidine groups is 1. The molecule has 2 aromatic carbocycles. The predicted octanol–water partition coefficient (Wildman–Crippen LogP) is 0.790. The van der Waals surface area contributed by atoms with E-state index in [1.54, 1.807) is 6.07 Å². The van der Waals surface area contributed by atoms with Gasteiger partial charge in [-0.05, 0) is 18.2 Å². The first-order chi connectivity index (χ1) is 12.1. The van der Waals surface area contributed by atoms with Crippen LogP contribution in [0.1, 0.15) is 10.4 Å². The van der Waals surface area contributed by atoms with Gasteiger partial charge in [0.1, 0.15) is 0 Å². The van der Waals surface area contributed by atoms with Crippen molar-refractivity contribution < 1.29 is 9.90 Å². The first kappa shape index (κ1) is 16.9. The molecule has 1 amide bonds. The Hall–Kier alpha value is -2.90. The first-order valence-corrected chi connectivity index (χ1v) is 8.08. The van der Waals surface area contributed by atoms with Crippen LogP contribution in [0.15, 0.2) is 47.5 Å². The summed E-state index contributed by atoms with van der Waals surface area (Å²) in [6.45, 7) is 2.07. The Balaban J connectivity index is 2.08. The molecule has 0 bridgehead atoms. The predicted molar refractivity (Wildman–Crippen MR) is 99.5 cm³/mol. The highest BCUT2D eigenvalue weighted by Crippen LogP contribution is 2.29. The Labute approximate surface area is 144 Å². The molecule has 0 saturated carbocycles. The summed E-state index contributed by atoms with van der Waals surface area (Å²) in [5, 5.41) is 14.3. The van der Waals surface area contributed by atoms with Crippen LogP contribution in [-0.2, 0) is 6.54 Å². The molecule has 0 aliphatic rings. The number of nitrogens with zero attached hydrogens (tertiary/aromatic N) is 2. The lowest BCUT2D eigenvalue weighted by molar-refractivity contribution is 0.100. The van der Waals surface area contributed by atoms with Gasteiger partial charge < -0.3 is 26.5 Å². The summed E-state index contributed by atoms with van der Waals surface area (Å²) >= 11 is 0. The SMILES string of the molecule is NC(N)=NC(=O)c1ccc2c3ccccc3n(CCNCCO)c2c1. The van der Waals surface area contributed by atoms with Crippen LogP contribution >= 0.6 is 0 Å². The first-order valence-electron chi connectivity index (χ1n) is 8.08. The zero-order valence-electron chi connectivity index (χ0n) is 13.8. The van der Waals surface area contributed by atoms with Gasteiger partial charge in [-0.2, -0.15) is 4.99 Å². The molecule has 0 aliphatic heterocycles. The molecule has 25 heavy (non-hydrogen) atoms. The van der Waals surface area contributed by atoms with Crippen LogP contribution in [0.2, 0.25) is 0 Å². The molecule has 1 heterocycles. The van der Waals surface area contributed by atoms with Crippen molar-refractivity contribution in [3.05, 3.63) is 48.0 Å². The third-order valence-electron chi connectivity index (χ3n) is 4.05. The molecule has 1 aromatic heterocycles. The fourth-order valence-corrected chi connectivity index (χ4v) is 3.00. The molecule has 0 unspecified atom stereocenters. The summed E-state index contributed by atoms with van der Waals surface area (Å²) in [6.07, 6.45) is 0. The number of carbonyl (C=O) groups excluding carboxylic acids is 1. The van der Waals surface area contributed by atoms with E-state index in [4.69, 9.17) is 16.6 Å². The van der Waals surface area contributed by atoms with Gasteiger partial charge in [-0.1, -0.05) is 24.3 Å². The Kier molecular flexibility index (Phi) is 4.97. The molecule has 3 aromatic rings. The highest BCUT2D eigenvalue weighted by Gasteiger charge is 2.13. The highest BCUT2D eigenvalue weighted by molar-refractivity contribution is 6.11. The van der Waals surface area contributed by atoms with E-state index in [9.17, 15) is 4.79 Å². The Bertz CT molecular complexity index is 941. The molecule has 130 valence electrons. The number of aliphatic imine (C=N–C) groups is 1. The van der Waals surface area contributed by atoms with Crippen molar-refractivity contribution in [3.8, 4) is 0 Å². The van der Waals surface area contributed by atoms with Crippen molar-refractivity contribution in [2.45, 2.75) is 6.54 Å². The Morgan fingerprint density at radius 2 is 1.84 bits per heavy atom. The van der Waals surface area contributed by atoms with Gasteiger partial charge in [0, 0.05) is 47.0 Å². The number of rotatable bonds is 6. The zero-order chi connectivity index (χ0) is 17.8. The molecule has 3 rings (SSSR count). The molecule has 7 nitrogen and oxygen atoms in total. The van der Waals surface area contributed by atoms with Crippen molar-refractivity contribution in [1.82, 2.24) is 9.88 Å². The number of benzene rings is 2. The lowest BCUT2D eigenvalue weighted by Crippen LogP contribution is -2.24. The van der Waals surface area contributed by atoms with Crippen LogP contribution in [0.25, 0.3) is 21.8 Å². The molecule has 0 saturated heterocycles. The van der Waals surface area contributed by atoms with Gasteiger partial charge in [0.15, 0.2) is 5.96 Å². The summed E-state index contributed by atoms with van der Waals surface area (Å²) in [4.78, 5) is 15.7. The molecule has 0 spiro atoms. The number of amides is 1. The number of aliphatic hydroxyl groups is 1. The van der Waals surface area contributed by atoms with Crippen LogP contribution in [0, 0.1) is 0 Å². The normalized spacial score (nSPS) is 11.1. The number of para-hydroxylation sites is 1. The summed E-state index contributed by atoms with van der Waals surface area (Å²) < 4.78 is 2.15. The smallest absolute Gasteiger partial charge is 0.280 e. The van der Waals surface area contributed by atoms with Gasteiger partial charge >= 0.3 is 0 Å². The molecule has 0 atom stereocenters. The standard InChI is InChI=1S/C18H21N5O2/c19-18(20)22-17(25)12-5-6-14-13-3-1-2-4-15(13)23(16(14)11-12)9-7-21-8-10-24/h1-6,11,21,24H,7-10H2,(H4,19,20,22,25). The quantitative estimate of drug-likeness (QED) is 0.301. The van der Waals surface area contributed by atoms with Crippen LogP contribution < -0.4 is 16.8 Å². The van der Waals surface area contributed by atoms with Crippen molar-refractivity contribution >= 4 is 33.7 Å². The minimum absolute atomic E-state index is 0.102. The van der Waals surface area contributed by atoms with Gasteiger partial charge in [-0.15, -0.1) is 0 Å². The fraction of sp³-hybridized carbons (Fsp3) is 0.222. The van der Waals surface area contributed by atoms with E-state index in [1.807, 2.05) is 24.3 Å². The van der Waals surface area contributed by atoms with E-state index in [0.29, 0.717) is 25.2 Å². The van der Waals surface area contributed by atoms with Crippen LogP contribution in [0.5, 0.6) is 0 Å². The van der Waals surface area contributed by atoms with E-state index >= 15 is 0 Å². The highest BCUT2D eigenvalue weighted by atomic mass is 16.3. The molecule has 0 aliphatic carbocycles. The summed E-state index contributed by atoms with van der Waals surface area (Å²) in [5.41, 5.74) is 13.1. The molecule has 0 fully saturated rings. The number of nitrogens with one attached hydrogen (secondary N) is 1. The number of aromatic nitrogens is 1. The Morgan fingerprint density at radius 3 is 2.60 bits per heavy atom. The van der Waals surface area contributed by atoms with Crippen molar-refractivity contribution in [3.63, 3.8) is 0 Å². The number of fused-ring (bicyclic) bond motifs is 3. The van der Waals surface area contributed by atoms with Gasteiger partial charge in [-0.25, -0.2) is 0 Å². The van der Waals surface area contributed by atoms with E-state index in [0.717, 1.165) is 21.8 Å². The van der Waals surface area contributed by atoms with E-state index < -0.39 is 5.91 Å². The number of hydrogen-bond donors (Lipinski definition) is 4. The minimum atomic E-state index is -0.461. The maximum absolute atomic E-state index is 12.1. The van der Waals surface area contributed by atoms with Crippen molar-refractivity contribution in [2.75, 3.05) is 19.7 Å². The number of nitrogens with two attached hydrogens (primary N) is 2. The van der Waals surface area contributed by atoms with Crippen LogP contribution in [0.4, 0.5) is 0 Å². The minimum Gasteiger partial charge on any atom is -0.395 e. The van der Waals surface area contributed by atoms with E-state index in [2.05, 4.69) is 27.0 Å². The third-order valence-corrected chi connectivity index (χ3v) is 4.05. The van der Waals surface area contributed by atoms with E-state index in [-0.39, 0.29) is 12.6 Å². The summed E-state index contributed by atoms with van der Waals surface area (Å²) in [7, 11) is 0. The monoisotopic (exact) mass is 339 g/mol. The average molecular weight is 339 g/mol. The van der Waals surface area contributed by atoms with Crippen molar-refractivity contribution in [1.29, 1.82) is 0 Å². The fourth-order valence-electron chi connectivity index (χ4n) is 3.00. The number of carbonyl (C=O) groups is 1. The van der Waals surface area contributed by atoms with Crippen LogP contribution in [0.3, 0.4) is 0 Å². The lowest BCUT2D eigenvalue weighted by Gasteiger charge is -2.08. The molecular weight excluding hydrogens is 318 g/mol. The zero-order valence-corrected chi connectivity index (χ0v) is 13.8. The molecule has 6 N–H and O–H groups in total. The second kappa shape index (κ2) is 7.33. The van der Waals surface area contributed by atoms with E-state index in [1.165, 1.54) is 0 Å². The summed E-state index contributed by atoms with van der Waals surface area (Å²) in [6, 6.07) is 13.6. The van der Waals surface area contributed by atoms with Gasteiger partial charge in [0.2, 0.25) is 0 Å². The van der Waals surface area contributed by atoms with Crippen molar-refractivity contribution in [2.24, 2.45) is 16.5 Å². The topological polar surface area (TPSA) is 119 Å². The third kappa shape index (κ3) is 3.47. The van der Waals surface area contributed by atoms with Gasteiger partial charge in [-0.3, -0.25) is 4.79 Å². The number of hydrogen-bond acceptors (Lipinski definition) is 3. The Morgan fingerprint density at radius 1 is 1.08 bits per heavy atom. The average Bonchev–Trinajstić information content (AvgIpc) is 2.91. The molecule has 0 radical (unpaired) electrons. The largest absolute Gasteiger partial charge is 0.395 e. The van der Waals surface area contributed by atoms with Crippen LogP contribution in [-0.4, -0.2) is 41.2 Å². The maximum Gasteiger partial charge on any atom is 0.280 e. The second-order valence-electron chi connectivity index (χ2n) is 5.72. The van der Waals surface area contributed by atoms with Gasteiger partial charge in [0.25, 0.3) is 5.91 Å². The molecular formula is C18H21N5O2. The summed E-state index contributed by atoms with van der Waals surface area (Å²) in [5.74, 6) is -0.712.